The molecule has 0 spiro atoms. The van der Waals surface area contributed by atoms with Crippen LogP contribution in [0.25, 0.3) is 0 Å². The first-order valence-corrected chi connectivity index (χ1v) is 7.75. The molecule has 2 rings (SSSR count). The molecule has 0 unspecified atom stereocenters. The molecule has 0 radical (unpaired) electrons. The summed E-state index contributed by atoms with van der Waals surface area (Å²) in [5.41, 5.74) is 0.743. The van der Waals surface area contributed by atoms with Crippen molar-refractivity contribution in [3.05, 3.63) is 18.2 Å². The largest absolute Gasteiger partial charge is 0.479 e. The fourth-order valence-electron chi connectivity index (χ4n) is 1.53. The number of aliphatic carboxylic acids is 1. The van der Waals surface area contributed by atoms with E-state index in [0.717, 1.165) is 11.4 Å². The summed E-state index contributed by atoms with van der Waals surface area (Å²) in [7, 11) is -3.83. The first kappa shape index (κ1) is 14.8. The van der Waals surface area contributed by atoms with Gasteiger partial charge in [-0.15, -0.1) is 0 Å². The molecule has 10 heteroatoms. The summed E-state index contributed by atoms with van der Waals surface area (Å²) < 4.78 is 34.3. The van der Waals surface area contributed by atoms with Crippen LogP contribution in [0.5, 0.6) is 0 Å². The Hall–Kier alpha value is -1.62. The Morgan fingerprint density at radius 1 is 1.40 bits per heavy atom. The number of benzene rings is 1. The first-order valence-electron chi connectivity index (χ1n) is 5.53. The zero-order chi connectivity index (χ0) is 14.8. The Bertz CT molecular complexity index is 710. The minimum Gasteiger partial charge on any atom is -0.479 e. The van der Waals surface area contributed by atoms with Crippen LogP contribution in [0.15, 0.2) is 31.8 Å². The number of nitrogens with one attached hydrogen (secondary N) is 1. The van der Waals surface area contributed by atoms with E-state index in [4.69, 9.17) is 10.2 Å². The number of carbonyl (C=O) groups is 1. The van der Waals surface area contributed by atoms with Crippen molar-refractivity contribution in [2.45, 2.75) is 17.4 Å². The molecule has 0 aliphatic carbocycles. The molecular formula is C10H11N3O5S2. The molecule has 0 fully saturated rings. The van der Waals surface area contributed by atoms with Gasteiger partial charge >= 0.3 is 5.97 Å². The van der Waals surface area contributed by atoms with Crippen LogP contribution in [0.4, 0.5) is 11.4 Å². The summed E-state index contributed by atoms with van der Waals surface area (Å²) in [6.45, 7) is -0.191. The van der Waals surface area contributed by atoms with Crippen molar-refractivity contribution in [3.63, 3.8) is 0 Å². The zero-order valence-electron chi connectivity index (χ0n) is 10.1. The third-order valence-electron chi connectivity index (χ3n) is 2.53. The smallest absolute Gasteiger partial charge is 0.332 e. The highest BCUT2D eigenvalue weighted by Crippen LogP contribution is 2.37. The van der Waals surface area contributed by atoms with E-state index in [1.54, 1.807) is 12.1 Å². The highest BCUT2D eigenvalue weighted by atomic mass is 32.2. The summed E-state index contributed by atoms with van der Waals surface area (Å²) in [4.78, 5) is 10.4. The van der Waals surface area contributed by atoms with Crippen LogP contribution in [0.2, 0.25) is 0 Å². The number of aliphatic hydroxyl groups is 1. The molecular weight excluding hydrogens is 306 g/mol. The number of carboxylic acid groups (broad SMARTS) is 1. The summed E-state index contributed by atoms with van der Waals surface area (Å²) in [5, 5.41) is 17.6. The Morgan fingerprint density at radius 3 is 2.85 bits per heavy atom. The second kappa shape index (κ2) is 5.79. The van der Waals surface area contributed by atoms with E-state index in [-0.39, 0.29) is 23.5 Å². The van der Waals surface area contributed by atoms with Gasteiger partial charge in [0.1, 0.15) is 16.3 Å². The first-order chi connectivity index (χ1) is 9.42. The quantitative estimate of drug-likeness (QED) is 0.715. The highest BCUT2D eigenvalue weighted by Gasteiger charge is 2.22. The van der Waals surface area contributed by atoms with Gasteiger partial charge in [-0.1, -0.05) is 6.07 Å². The molecule has 3 N–H and O–H groups in total. The molecule has 8 nitrogen and oxygen atoms in total. The van der Waals surface area contributed by atoms with Gasteiger partial charge in [0, 0.05) is 6.54 Å². The summed E-state index contributed by atoms with van der Waals surface area (Å²) in [6, 6.07) is 4.58. The fraction of sp³-hybridized carbons (Fsp3) is 0.300. The average molecular weight is 317 g/mol. The molecule has 0 amide bonds. The van der Waals surface area contributed by atoms with Crippen LogP contribution in [0.1, 0.15) is 6.42 Å². The normalized spacial score (nSPS) is 14.7. The lowest BCUT2D eigenvalue weighted by Gasteiger charge is -2.09. The van der Waals surface area contributed by atoms with Crippen molar-refractivity contribution < 1.29 is 23.4 Å². The maximum Gasteiger partial charge on any atom is 0.332 e. The Morgan fingerprint density at radius 2 is 2.15 bits per heavy atom. The number of sulfonamides is 1. The van der Waals surface area contributed by atoms with Gasteiger partial charge < -0.3 is 10.2 Å². The summed E-state index contributed by atoms with van der Waals surface area (Å²) in [5.74, 6) is -1.39. The van der Waals surface area contributed by atoms with Gasteiger partial charge in [0.2, 0.25) is 10.0 Å². The molecule has 20 heavy (non-hydrogen) atoms. The van der Waals surface area contributed by atoms with Gasteiger partial charge in [-0.25, -0.2) is 17.9 Å². The highest BCUT2D eigenvalue weighted by molar-refractivity contribution is 7.89. The average Bonchev–Trinajstić information content (AvgIpc) is 2.85. The number of nitrogens with zero attached hydrogens (tertiary/aromatic N) is 2. The predicted octanol–water partition coefficient (Wildman–Crippen LogP) is 0.527. The standard InChI is InChI=1S/C10H11N3O5S2/c14-7(10(15)16)4-5-11-20(17,18)8-3-1-2-6-9(8)13-19-12-6/h1-3,7,11,14H,4-5H2,(H,15,16)/t7-/m0/s1. The lowest BCUT2D eigenvalue weighted by molar-refractivity contribution is -0.146. The van der Waals surface area contributed by atoms with Crippen molar-refractivity contribution in [3.8, 4) is 0 Å². The molecule has 0 saturated heterocycles. The number of hydrogen-bond acceptors (Lipinski definition) is 6. The van der Waals surface area contributed by atoms with E-state index < -0.39 is 22.1 Å². The molecule has 0 aromatic heterocycles. The van der Waals surface area contributed by atoms with E-state index >= 15 is 0 Å². The van der Waals surface area contributed by atoms with E-state index in [2.05, 4.69) is 13.4 Å². The summed E-state index contributed by atoms with van der Waals surface area (Å²) in [6.07, 6.45) is -1.82. The molecule has 1 atom stereocenters. The van der Waals surface area contributed by atoms with Crippen molar-refractivity contribution in [2.75, 3.05) is 6.54 Å². The second-order valence-electron chi connectivity index (χ2n) is 3.93. The topological polar surface area (TPSA) is 128 Å². The molecule has 108 valence electrons. The van der Waals surface area contributed by atoms with E-state index in [0.29, 0.717) is 5.69 Å². The van der Waals surface area contributed by atoms with Crippen molar-refractivity contribution >= 4 is 38.7 Å². The van der Waals surface area contributed by atoms with Crippen molar-refractivity contribution in [2.24, 2.45) is 8.73 Å². The van der Waals surface area contributed by atoms with Crippen molar-refractivity contribution in [1.29, 1.82) is 0 Å². The molecule has 1 aliphatic heterocycles. The number of rotatable bonds is 6. The van der Waals surface area contributed by atoms with Crippen LogP contribution < -0.4 is 4.72 Å². The van der Waals surface area contributed by atoms with Crippen LogP contribution in [-0.4, -0.2) is 37.2 Å². The molecule has 0 bridgehead atoms. The van der Waals surface area contributed by atoms with Crippen LogP contribution in [0.3, 0.4) is 0 Å². The van der Waals surface area contributed by atoms with Gasteiger partial charge in [-0.05, 0) is 18.6 Å². The van der Waals surface area contributed by atoms with Gasteiger partial charge in [0.25, 0.3) is 0 Å². The molecule has 1 aliphatic rings. The zero-order valence-corrected chi connectivity index (χ0v) is 11.7. The van der Waals surface area contributed by atoms with E-state index in [9.17, 15) is 13.2 Å². The minimum atomic E-state index is -3.83. The second-order valence-corrected chi connectivity index (χ2v) is 6.19. The van der Waals surface area contributed by atoms with Crippen LogP contribution in [-0.2, 0) is 26.2 Å². The minimum absolute atomic E-state index is 0.0198. The van der Waals surface area contributed by atoms with Gasteiger partial charge in [-0.2, -0.15) is 8.73 Å². The Labute approximate surface area is 118 Å². The Kier molecular flexibility index (Phi) is 4.28. The molecule has 1 heterocycles. The SMILES string of the molecule is O=C(O)[C@@H](O)CCNS(=O)(=O)c1cccc2c1N=S=N2. The number of hydrogen-bond donors (Lipinski definition) is 3. The molecule has 1 aromatic carbocycles. The maximum absolute atomic E-state index is 12.1. The summed E-state index contributed by atoms with van der Waals surface area (Å²) >= 11 is 0.906. The lowest BCUT2D eigenvalue weighted by Crippen LogP contribution is -2.30. The third kappa shape index (κ3) is 3.10. The number of fused-ring (bicyclic) bond motifs is 1. The predicted molar refractivity (Wildman–Crippen MR) is 71.4 cm³/mol. The van der Waals surface area contributed by atoms with E-state index in [1.807, 2.05) is 0 Å². The molecule has 1 aromatic rings. The third-order valence-corrected chi connectivity index (χ3v) is 4.57. The van der Waals surface area contributed by atoms with Gasteiger partial charge in [0.05, 0.1) is 11.4 Å². The fourth-order valence-corrected chi connectivity index (χ4v) is 3.34. The number of carboxylic acids is 1. The monoisotopic (exact) mass is 317 g/mol. The van der Waals surface area contributed by atoms with Crippen molar-refractivity contribution in [1.82, 2.24) is 4.72 Å². The lowest BCUT2D eigenvalue weighted by atomic mass is 10.3. The Balaban J connectivity index is 2.11. The maximum atomic E-state index is 12.1. The van der Waals surface area contributed by atoms with Crippen LogP contribution >= 0.6 is 0 Å². The number of aliphatic hydroxyl groups excluding tert-OH is 1. The van der Waals surface area contributed by atoms with Gasteiger partial charge in [-0.3, -0.25) is 0 Å². The van der Waals surface area contributed by atoms with E-state index in [1.165, 1.54) is 6.07 Å². The van der Waals surface area contributed by atoms with Crippen LogP contribution in [0, 0.1) is 0 Å². The van der Waals surface area contributed by atoms with Gasteiger partial charge in [0.15, 0.2) is 6.10 Å². The molecule has 0 saturated carbocycles.